The number of pyridine rings is 1. The van der Waals surface area contributed by atoms with Crippen molar-refractivity contribution in [3.05, 3.63) is 54.1 Å². The third-order valence-electron chi connectivity index (χ3n) is 3.31. The van der Waals surface area contributed by atoms with Gasteiger partial charge in [-0.15, -0.1) is 6.42 Å². The average Bonchev–Trinajstić information content (AvgIpc) is 2.57. The van der Waals surface area contributed by atoms with Crippen molar-refractivity contribution in [3.8, 4) is 18.1 Å². The van der Waals surface area contributed by atoms with Crippen molar-refractivity contribution < 1.29 is 13.9 Å². The third-order valence-corrected chi connectivity index (χ3v) is 3.31. The molecule has 0 unspecified atom stereocenters. The maximum Gasteiger partial charge on any atom is 0.227 e. The van der Waals surface area contributed by atoms with E-state index in [9.17, 15) is 9.18 Å². The summed E-state index contributed by atoms with van der Waals surface area (Å²) in [5, 5.41) is 0. The second kappa shape index (κ2) is 7.95. The first-order valence-corrected chi connectivity index (χ1v) is 7.12. The fourth-order valence-electron chi connectivity index (χ4n) is 2.05. The predicted molar refractivity (Wildman–Crippen MR) is 86.7 cm³/mol. The number of anilines is 1. The number of aromatic nitrogens is 1. The van der Waals surface area contributed by atoms with Crippen LogP contribution in [0.25, 0.3) is 0 Å². The largest absolute Gasteiger partial charge is 0.481 e. The summed E-state index contributed by atoms with van der Waals surface area (Å²) in [5.74, 6) is 2.58. The Kier molecular flexibility index (Phi) is 5.70. The third kappa shape index (κ3) is 4.82. The van der Waals surface area contributed by atoms with E-state index in [1.807, 2.05) is 0 Å². The van der Waals surface area contributed by atoms with Crippen molar-refractivity contribution in [2.45, 2.75) is 12.8 Å². The monoisotopic (exact) mass is 312 g/mol. The molecular formula is C18H17FN2O2. The molecule has 1 aromatic heterocycles. The van der Waals surface area contributed by atoms with Crippen LogP contribution in [-0.4, -0.2) is 24.5 Å². The van der Waals surface area contributed by atoms with E-state index >= 15 is 0 Å². The highest BCUT2D eigenvalue weighted by Crippen LogP contribution is 2.19. The summed E-state index contributed by atoms with van der Waals surface area (Å²) < 4.78 is 18.3. The number of benzene rings is 1. The van der Waals surface area contributed by atoms with Crippen molar-refractivity contribution in [1.82, 2.24) is 4.98 Å². The van der Waals surface area contributed by atoms with Crippen LogP contribution in [0.1, 0.15) is 12.0 Å². The second-order valence-electron chi connectivity index (χ2n) is 4.95. The number of aryl methyl sites for hydroxylation is 1. The second-order valence-corrected chi connectivity index (χ2v) is 4.95. The molecule has 23 heavy (non-hydrogen) atoms. The first-order valence-electron chi connectivity index (χ1n) is 7.12. The van der Waals surface area contributed by atoms with Crippen molar-refractivity contribution >= 4 is 11.6 Å². The number of carbonyl (C=O) groups is 1. The summed E-state index contributed by atoms with van der Waals surface area (Å²) in [6, 6.07) is 8.47. The Labute approximate surface area is 134 Å². The fourth-order valence-corrected chi connectivity index (χ4v) is 2.05. The minimum absolute atomic E-state index is 0.0634. The van der Waals surface area contributed by atoms with Crippen molar-refractivity contribution in [1.29, 1.82) is 0 Å². The Morgan fingerprint density at radius 3 is 2.74 bits per heavy atom. The molecule has 0 bridgehead atoms. The van der Waals surface area contributed by atoms with Gasteiger partial charge in [0.05, 0.1) is 6.20 Å². The molecule has 0 saturated heterocycles. The average molecular weight is 312 g/mol. The lowest BCUT2D eigenvalue weighted by molar-refractivity contribution is -0.118. The summed E-state index contributed by atoms with van der Waals surface area (Å²) in [6.07, 6.45) is 8.55. The lowest BCUT2D eigenvalue weighted by Crippen LogP contribution is -2.26. The van der Waals surface area contributed by atoms with Gasteiger partial charge in [-0.25, -0.2) is 4.39 Å². The molecule has 0 N–H and O–H groups in total. The van der Waals surface area contributed by atoms with E-state index in [0.717, 1.165) is 11.9 Å². The molecule has 0 aliphatic rings. The van der Waals surface area contributed by atoms with E-state index in [1.165, 1.54) is 6.07 Å². The minimum Gasteiger partial charge on any atom is -0.481 e. The summed E-state index contributed by atoms with van der Waals surface area (Å²) in [7, 11) is 1.70. The van der Waals surface area contributed by atoms with E-state index in [-0.39, 0.29) is 18.9 Å². The SMILES string of the molecule is C#CCOc1ccc(N(C)C(=O)CCc2cncc(F)c2)cc1. The number of ether oxygens (including phenoxy) is 1. The number of amides is 1. The lowest BCUT2D eigenvalue weighted by Gasteiger charge is -2.17. The molecule has 0 atom stereocenters. The Hall–Kier alpha value is -2.87. The number of rotatable bonds is 6. The topological polar surface area (TPSA) is 42.4 Å². The van der Waals surface area contributed by atoms with E-state index in [2.05, 4.69) is 10.9 Å². The van der Waals surface area contributed by atoms with Gasteiger partial charge in [-0.05, 0) is 42.3 Å². The zero-order valence-electron chi connectivity index (χ0n) is 12.8. The molecular weight excluding hydrogens is 295 g/mol. The zero-order valence-corrected chi connectivity index (χ0v) is 12.8. The molecule has 0 fully saturated rings. The molecule has 118 valence electrons. The normalized spacial score (nSPS) is 9.96. The highest BCUT2D eigenvalue weighted by molar-refractivity contribution is 5.92. The van der Waals surface area contributed by atoms with Crippen molar-refractivity contribution in [2.75, 3.05) is 18.6 Å². The fraction of sp³-hybridized carbons (Fsp3) is 0.222. The van der Waals surface area contributed by atoms with Crippen molar-refractivity contribution in [2.24, 2.45) is 0 Å². The van der Waals surface area contributed by atoms with E-state index in [4.69, 9.17) is 11.2 Å². The molecule has 1 amide bonds. The molecule has 0 spiro atoms. The van der Waals surface area contributed by atoms with Crippen LogP contribution in [0.2, 0.25) is 0 Å². The standard InChI is InChI=1S/C18H17FN2O2/c1-3-10-23-17-7-5-16(6-8-17)21(2)18(22)9-4-14-11-15(19)13-20-12-14/h1,5-8,11-13H,4,9-10H2,2H3. The summed E-state index contributed by atoms with van der Waals surface area (Å²) in [5.41, 5.74) is 1.45. The van der Waals surface area contributed by atoms with Crippen LogP contribution in [0.5, 0.6) is 5.75 Å². The molecule has 2 aromatic rings. The Balaban J connectivity index is 1.92. The maximum absolute atomic E-state index is 13.1. The molecule has 1 aromatic carbocycles. The molecule has 0 aliphatic heterocycles. The number of carbonyl (C=O) groups excluding carboxylic acids is 1. The molecule has 1 heterocycles. The van der Waals surface area contributed by atoms with E-state index in [1.54, 1.807) is 42.4 Å². The van der Waals surface area contributed by atoms with Crippen LogP contribution in [0.15, 0.2) is 42.7 Å². The molecule has 0 saturated carbocycles. The zero-order chi connectivity index (χ0) is 16.7. The Bertz CT molecular complexity index is 708. The predicted octanol–water partition coefficient (Wildman–Crippen LogP) is 2.83. The number of hydrogen-bond acceptors (Lipinski definition) is 3. The van der Waals surface area contributed by atoms with Gasteiger partial charge >= 0.3 is 0 Å². The quantitative estimate of drug-likeness (QED) is 0.770. The summed E-state index contributed by atoms with van der Waals surface area (Å²) in [4.78, 5) is 17.5. The van der Waals surface area contributed by atoms with Gasteiger partial charge < -0.3 is 9.64 Å². The van der Waals surface area contributed by atoms with Gasteiger partial charge in [0, 0.05) is 25.4 Å². The minimum atomic E-state index is -0.397. The van der Waals surface area contributed by atoms with E-state index < -0.39 is 5.82 Å². The number of halogens is 1. The lowest BCUT2D eigenvalue weighted by atomic mass is 10.1. The van der Waals surface area contributed by atoms with Crippen LogP contribution in [0.4, 0.5) is 10.1 Å². The highest BCUT2D eigenvalue weighted by Gasteiger charge is 2.11. The molecule has 5 heteroatoms. The first-order chi connectivity index (χ1) is 11.1. The van der Waals surface area contributed by atoms with Gasteiger partial charge in [0.25, 0.3) is 0 Å². The molecule has 4 nitrogen and oxygen atoms in total. The van der Waals surface area contributed by atoms with Gasteiger partial charge in [0.2, 0.25) is 5.91 Å². The van der Waals surface area contributed by atoms with Gasteiger partial charge in [-0.1, -0.05) is 5.92 Å². The van der Waals surface area contributed by atoms with Gasteiger partial charge in [0.15, 0.2) is 0 Å². The van der Waals surface area contributed by atoms with Gasteiger partial charge in [0.1, 0.15) is 18.2 Å². The number of hydrogen-bond donors (Lipinski definition) is 0. The highest BCUT2D eigenvalue weighted by atomic mass is 19.1. The number of terminal acetylenes is 1. The number of nitrogens with zero attached hydrogens (tertiary/aromatic N) is 2. The van der Waals surface area contributed by atoms with Crippen LogP contribution in [-0.2, 0) is 11.2 Å². The van der Waals surface area contributed by atoms with Gasteiger partial charge in [-0.2, -0.15) is 0 Å². The molecule has 0 aliphatic carbocycles. The Morgan fingerprint density at radius 1 is 1.35 bits per heavy atom. The van der Waals surface area contributed by atoms with Gasteiger partial charge in [-0.3, -0.25) is 9.78 Å². The maximum atomic E-state index is 13.1. The first kappa shape index (κ1) is 16.5. The van der Waals surface area contributed by atoms with Crippen LogP contribution in [0, 0.1) is 18.2 Å². The smallest absolute Gasteiger partial charge is 0.227 e. The molecule has 0 radical (unpaired) electrons. The van der Waals surface area contributed by atoms with Crippen LogP contribution >= 0.6 is 0 Å². The van der Waals surface area contributed by atoms with Crippen LogP contribution < -0.4 is 9.64 Å². The molecule has 2 rings (SSSR count). The van der Waals surface area contributed by atoms with E-state index in [0.29, 0.717) is 17.7 Å². The van der Waals surface area contributed by atoms with Crippen LogP contribution in [0.3, 0.4) is 0 Å². The van der Waals surface area contributed by atoms with Crippen molar-refractivity contribution in [3.63, 3.8) is 0 Å². The summed E-state index contributed by atoms with van der Waals surface area (Å²) in [6.45, 7) is 0.204. The summed E-state index contributed by atoms with van der Waals surface area (Å²) >= 11 is 0. The Morgan fingerprint density at radius 2 is 2.09 bits per heavy atom.